The number of methoxy groups -OCH3 is 1. The first-order valence-corrected chi connectivity index (χ1v) is 6.38. The quantitative estimate of drug-likeness (QED) is 0.452. The molecule has 1 aromatic heterocycles. The molecule has 1 heterocycles. The monoisotopic (exact) mass is 303 g/mol. The minimum Gasteiger partial charge on any atom is -0.383 e. The van der Waals surface area contributed by atoms with Gasteiger partial charge in [-0.05, 0) is 18.2 Å². The van der Waals surface area contributed by atoms with E-state index in [-0.39, 0.29) is 24.4 Å². The molecule has 2 aromatic rings. The van der Waals surface area contributed by atoms with Gasteiger partial charge in [0.2, 0.25) is 0 Å². The van der Waals surface area contributed by atoms with Crippen LogP contribution in [0.2, 0.25) is 0 Å². The highest BCUT2D eigenvalue weighted by Crippen LogP contribution is 2.20. The number of carbonyl (C=O) groups excluding carboxylic acids is 1. The molecule has 0 fully saturated rings. The molecule has 0 N–H and O–H groups in total. The number of nitro benzene ring substituents is 1. The lowest BCUT2D eigenvalue weighted by Gasteiger charge is -2.08. The number of carbonyl (C=O) groups is 1. The van der Waals surface area contributed by atoms with Crippen LogP contribution in [0, 0.1) is 10.1 Å². The Kier molecular flexibility index (Phi) is 4.74. The molecule has 0 bridgehead atoms. The molecule has 8 heteroatoms. The Balaban J connectivity index is 2.47. The Labute approximate surface area is 125 Å². The largest absolute Gasteiger partial charge is 0.383 e. The van der Waals surface area contributed by atoms with Crippen LogP contribution in [0.4, 0.5) is 5.69 Å². The molecule has 0 aliphatic carbocycles. The minimum absolute atomic E-state index is 0.0283. The van der Waals surface area contributed by atoms with E-state index in [0.29, 0.717) is 17.5 Å². The molecule has 0 saturated carbocycles. The predicted molar refractivity (Wildman–Crippen MR) is 77.9 cm³/mol. The highest BCUT2D eigenvalue weighted by molar-refractivity contribution is 5.77. The molecule has 0 saturated heterocycles. The average Bonchev–Trinajstić information content (AvgIpc) is 2.54. The van der Waals surface area contributed by atoms with Crippen molar-refractivity contribution >= 4 is 12.0 Å². The predicted octanol–water partition coefficient (Wildman–Crippen LogP) is 1.28. The molecule has 0 unspecified atom stereocenters. The number of aromatic nitrogens is 2. The number of hydrogen-bond acceptors (Lipinski definition) is 6. The zero-order valence-electron chi connectivity index (χ0n) is 11.8. The molecular weight excluding hydrogens is 290 g/mol. The van der Waals surface area contributed by atoms with Gasteiger partial charge in [-0.15, -0.1) is 0 Å². The van der Waals surface area contributed by atoms with Crippen molar-refractivity contribution in [1.82, 2.24) is 9.78 Å². The lowest BCUT2D eigenvalue weighted by atomic mass is 10.1. The molecule has 0 aliphatic heterocycles. The molecule has 2 rings (SSSR count). The Morgan fingerprint density at radius 1 is 1.36 bits per heavy atom. The maximum absolute atomic E-state index is 12.0. The van der Waals surface area contributed by atoms with E-state index in [4.69, 9.17) is 4.74 Å². The van der Waals surface area contributed by atoms with Gasteiger partial charge in [0, 0.05) is 24.8 Å². The van der Waals surface area contributed by atoms with Crippen molar-refractivity contribution in [3.8, 4) is 11.3 Å². The van der Waals surface area contributed by atoms with Crippen LogP contribution in [0.1, 0.15) is 10.4 Å². The number of aldehydes is 1. The van der Waals surface area contributed by atoms with E-state index < -0.39 is 10.5 Å². The van der Waals surface area contributed by atoms with Crippen molar-refractivity contribution in [2.45, 2.75) is 6.54 Å². The normalized spacial score (nSPS) is 10.4. The Morgan fingerprint density at radius 3 is 2.59 bits per heavy atom. The number of rotatable bonds is 6. The maximum Gasteiger partial charge on any atom is 0.277 e. The Hall–Kier alpha value is -2.87. The summed E-state index contributed by atoms with van der Waals surface area (Å²) in [5, 5.41) is 14.8. The molecular formula is C14H13N3O5. The topological polar surface area (TPSA) is 104 Å². The molecule has 0 amide bonds. The number of hydrogen-bond donors (Lipinski definition) is 0. The average molecular weight is 303 g/mol. The SMILES string of the molecule is COCCn1nc(-c2ccc([N+](=O)[O-])cc2)cc(C=O)c1=O. The van der Waals surface area contributed by atoms with Crippen LogP contribution in [0.3, 0.4) is 0 Å². The Bertz CT molecular complexity index is 752. The van der Waals surface area contributed by atoms with Crippen molar-refractivity contribution in [1.29, 1.82) is 0 Å². The molecule has 22 heavy (non-hydrogen) atoms. The van der Waals surface area contributed by atoms with Crippen molar-refractivity contribution < 1.29 is 14.5 Å². The summed E-state index contributed by atoms with van der Waals surface area (Å²) in [6, 6.07) is 7.06. The van der Waals surface area contributed by atoms with Crippen molar-refractivity contribution in [3.63, 3.8) is 0 Å². The fourth-order valence-electron chi connectivity index (χ4n) is 1.87. The third-order valence-corrected chi connectivity index (χ3v) is 3.01. The zero-order chi connectivity index (χ0) is 16.1. The molecule has 0 atom stereocenters. The fourth-order valence-corrected chi connectivity index (χ4v) is 1.87. The van der Waals surface area contributed by atoms with Gasteiger partial charge < -0.3 is 4.74 Å². The third kappa shape index (κ3) is 3.23. The van der Waals surface area contributed by atoms with Crippen LogP contribution in [0.5, 0.6) is 0 Å². The standard InChI is InChI=1S/C14H13N3O5/c1-22-7-6-16-14(19)11(9-18)8-13(15-16)10-2-4-12(5-3-10)17(20)21/h2-5,8-9H,6-7H2,1H3. The zero-order valence-corrected chi connectivity index (χ0v) is 11.8. The maximum atomic E-state index is 12.0. The molecule has 0 spiro atoms. The first-order valence-electron chi connectivity index (χ1n) is 6.38. The summed E-state index contributed by atoms with van der Waals surface area (Å²) in [5.74, 6) is 0. The van der Waals surface area contributed by atoms with Crippen molar-refractivity contribution in [2.24, 2.45) is 0 Å². The summed E-state index contributed by atoms with van der Waals surface area (Å²) < 4.78 is 6.04. The second kappa shape index (κ2) is 6.72. The van der Waals surface area contributed by atoms with Crippen LogP contribution in [-0.2, 0) is 11.3 Å². The lowest BCUT2D eigenvalue weighted by Crippen LogP contribution is -2.28. The summed E-state index contributed by atoms with van der Waals surface area (Å²) in [6.07, 6.45) is 0.461. The highest BCUT2D eigenvalue weighted by Gasteiger charge is 2.11. The van der Waals surface area contributed by atoms with Crippen LogP contribution < -0.4 is 5.56 Å². The number of nitro groups is 1. The molecule has 0 radical (unpaired) electrons. The smallest absolute Gasteiger partial charge is 0.277 e. The van der Waals surface area contributed by atoms with Crippen molar-refractivity contribution in [3.05, 3.63) is 56.4 Å². The number of nitrogens with zero attached hydrogens (tertiary/aromatic N) is 3. The minimum atomic E-state index is -0.506. The highest BCUT2D eigenvalue weighted by atomic mass is 16.6. The summed E-state index contributed by atoms with van der Waals surface area (Å²) >= 11 is 0. The summed E-state index contributed by atoms with van der Waals surface area (Å²) in [6.45, 7) is 0.478. The Morgan fingerprint density at radius 2 is 2.05 bits per heavy atom. The number of benzene rings is 1. The van der Waals surface area contributed by atoms with Gasteiger partial charge in [0.25, 0.3) is 11.2 Å². The van der Waals surface area contributed by atoms with Gasteiger partial charge in [-0.3, -0.25) is 19.7 Å². The van der Waals surface area contributed by atoms with Crippen LogP contribution in [-0.4, -0.2) is 34.7 Å². The van der Waals surface area contributed by atoms with E-state index in [1.165, 1.54) is 37.4 Å². The first kappa shape index (κ1) is 15.5. The van der Waals surface area contributed by atoms with Gasteiger partial charge in [-0.2, -0.15) is 5.10 Å². The van der Waals surface area contributed by atoms with Crippen LogP contribution in [0.15, 0.2) is 35.1 Å². The summed E-state index contributed by atoms with van der Waals surface area (Å²) in [5.41, 5.74) is 0.372. The van der Waals surface area contributed by atoms with E-state index in [1.807, 2.05) is 0 Å². The fraction of sp³-hybridized carbons (Fsp3) is 0.214. The van der Waals surface area contributed by atoms with Gasteiger partial charge in [-0.25, -0.2) is 4.68 Å². The van der Waals surface area contributed by atoms with Crippen LogP contribution in [0.25, 0.3) is 11.3 Å². The lowest BCUT2D eigenvalue weighted by molar-refractivity contribution is -0.384. The molecule has 114 valence electrons. The first-order chi connectivity index (χ1) is 10.6. The van der Waals surface area contributed by atoms with E-state index >= 15 is 0 Å². The third-order valence-electron chi connectivity index (χ3n) is 3.01. The van der Waals surface area contributed by atoms with E-state index in [0.717, 1.165) is 4.68 Å². The second-order valence-corrected chi connectivity index (χ2v) is 4.43. The molecule has 1 aromatic carbocycles. The summed E-state index contributed by atoms with van der Waals surface area (Å²) in [7, 11) is 1.49. The van der Waals surface area contributed by atoms with E-state index in [9.17, 15) is 19.7 Å². The van der Waals surface area contributed by atoms with Crippen molar-refractivity contribution in [2.75, 3.05) is 13.7 Å². The number of non-ortho nitro benzene ring substituents is 1. The summed E-state index contributed by atoms with van der Waals surface area (Å²) in [4.78, 5) is 33.1. The van der Waals surface area contributed by atoms with Gasteiger partial charge >= 0.3 is 0 Å². The molecule has 8 nitrogen and oxygen atoms in total. The second-order valence-electron chi connectivity index (χ2n) is 4.43. The van der Waals surface area contributed by atoms with Gasteiger partial charge in [0.05, 0.1) is 29.3 Å². The van der Waals surface area contributed by atoms with E-state index in [1.54, 1.807) is 0 Å². The van der Waals surface area contributed by atoms with Gasteiger partial charge in [0.1, 0.15) is 0 Å². The van der Waals surface area contributed by atoms with Crippen LogP contribution >= 0.6 is 0 Å². The number of ether oxygens (including phenoxy) is 1. The van der Waals surface area contributed by atoms with E-state index in [2.05, 4.69) is 5.10 Å². The van der Waals surface area contributed by atoms with Gasteiger partial charge in [-0.1, -0.05) is 0 Å². The molecule has 0 aliphatic rings. The van der Waals surface area contributed by atoms with Gasteiger partial charge in [0.15, 0.2) is 6.29 Å².